The molecule has 0 bridgehead atoms. The monoisotopic (exact) mass is 595 g/mol. The van der Waals surface area contributed by atoms with Gasteiger partial charge < -0.3 is 23.5 Å². The molecule has 0 heterocycles. The molecule has 4 aromatic carbocycles. The normalized spacial score (nSPS) is 11.5. The predicted molar refractivity (Wildman–Crippen MR) is 160 cm³/mol. The number of carbonyl (C=O) groups is 1. The third-order valence-corrected chi connectivity index (χ3v) is 6.92. The van der Waals surface area contributed by atoms with Crippen molar-refractivity contribution in [3.63, 3.8) is 0 Å². The van der Waals surface area contributed by atoms with Gasteiger partial charge in [0.1, 0.15) is 11.5 Å². The van der Waals surface area contributed by atoms with Crippen LogP contribution >= 0.6 is 0 Å². The standard InChI is InChI=1S/C16H17NO4S.C8H10.C7H8O3S/c1-17(2)16(18)13-6-4-5-11(9-13)12-7-8-14(21-3)15(10-12)22(19)20;1-7-4-3-5-8(2)6-7;1-10-6-3-2-4-7(5-6)11(8)9/h4-10H,1-3H3,(H,19,20);3-6H,1-2H3;2-5H,1H3,(H,8,9)/p-2. The zero-order chi connectivity index (χ0) is 30.5. The number of ether oxygens (including phenoxy) is 2. The third kappa shape index (κ3) is 10.6. The van der Waals surface area contributed by atoms with Crippen molar-refractivity contribution in [2.24, 2.45) is 0 Å². The molecular weight excluding hydrogens is 562 g/mol. The Kier molecular flexibility index (Phi) is 13.4. The van der Waals surface area contributed by atoms with Crippen molar-refractivity contribution >= 4 is 28.1 Å². The van der Waals surface area contributed by atoms with Crippen LogP contribution in [0.4, 0.5) is 0 Å². The highest BCUT2D eigenvalue weighted by molar-refractivity contribution is 7.79. The van der Waals surface area contributed by atoms with E-state index >= 15 is 0 Å². The first-order chi connectivity index (χ1) is 19.5. The molecule has 1 amide bonds. The van der Waals surface area contributed by atoms with Crippen molar-refractivity contribution in [3.05, 3.63) is 108 Å². The number of methoxy groups -OCH3 is 2. The molecule has 0 spiro atoms. The molecule has 0 N–H and O–H groups in total. The van der Waals surface area contributed by atoms with Crippen molar-refractivity contribution in [3.8, 4) is 22.6 Å². The van der Waals surface area contributed by atoms with Crippen molar-refractivity contribution in [2.45, 2.75) is 23.6 Å². The summed E-state index contributed by atoms with van der Waals surface area (Å²) in [6.45, 7) is 4.21. The minimum absolute atomic E-state index is 0.0874. The smallest absolute Gasteiger partial charge is 0.253 e. The van der Waals surface area contributed by atoms with E-state index in [9.17, 15) is 22.3 Å². The summed E-state index contributed by atoms with van der Waals surface area (Å²) in [7, 11) is 6.27. The maximum Gasteiger partial charge on any atom is 0.253 e. The van der Waals surface area contributed by atoms with Crippen LogP contribution in [0.25, 0.3) is 11.1 Å². The van der Waals surface area contributed by atoms with Gasteiger partial charge >= 0.3 is 0 Å². The second-order valence-electron chi connectivity index (χ2n) is 8.95. The number of amides is 1. The van der Waals surface area contributed by atoms with Gasteiger partial charge in [0, 0.05) is 24.6 Å². The van der Waals surface area contributed by atoms with Crippen molar-refractivity contribution in [2.75, 3.05) is 28.3 Å². The number of rotatable bonds is 6. The molecule has 0 aliphatic carbocycles. The summed E-state index contributed by atoms with van der Waals surface area (Å²) in [5.74, 6) is 0.729. The SMILES string of the molecule is COc1ccc(-c2cccc(C(=O)N(C)C)c2)cc1S(=O)[O-].COc1cccc(S(=O)[O-])c1.Cc1cccc(C)c1. The van der Waals surface area contributed by atoms with Gasteiger partial charge in [-0.05, 0) is 89.6 Å². The number of hydrogen-bond donors (Lipinski definition) is 0. The summed E-state index contributed by atoms with van der Waals surface area (Å²) in [6.07, 6.45) is 0. The molecule has 10 heteroatoms. The first-order valence-electron chi connectivity index (χ1n) is 12.3. The van der Waals surface area contributed by atoms with Crippen LogP contribution in [0.3, 0.4) is 0 Å². The van der Waals surface area contributed by atoms with Gasteiger partial charge in [0.2, 0.25) is 0 Å². The number of carbonyl (C=O) groups excluding carboxylic acids is 1. The molecule has 0 radical (unpaired) electrons. The van der Waals surface area contributed by atoms with Gasteiger partial charge in [-0.2, -0.15) is 0 Å². The topological polar surface area (TPSA) is 119 Å². The van der Waals surface area contributed by atoms with Gasteiger partial charge in [0.25, 0.3) is 5.91 Å². The Hall–Kier alpha value is -3.83. The second-order valence-corrected chi connectivity index (χ2v) is 10.8. The van der Waals surface area contributed by atoms with Gasteiger partial charge in [-0.25, -0.2) is 0 Å². The van der Waals surface area contributed by atoms with Gasteiger partial charge in [-0.1, -0.05) is 59.7 Å². The molecule has 0 aliphatic rings. The number of hydrogen-bond acceptors (Lipinski definition) is 7. The summed E-state index contributed by atoms with van der Waals surface area (Å²) in [5, 5.41) is 0. The molecule has 8 nitrogen and oxygen atoms in total. The fraction of sp³-hybridized carbons (Fsp3) is 0.194. The van der Waals surface area contributed by atoms with Crippen molar-refractivity contribution in [1.82, 2.24) is 4.90 Å². The maximum atomic E-state index is 12.0. The molecular formula is C31H33NO7S2-2. The fourth-order valence-electron chi connectivity index (χ4n) is 3.59. The van der Waals surface area contributed by atoms with E-state index in [0.29, 0.717) is 16.9 Å². The van der Waals surface area contributed by atoms with Crippen LogP contribution in [0.2, 0.25) is 0 Å². The van der Waals surface area contributed by atoms with Gasteiger partial charge in [-0.3, -0.25) is 13.2 Å². The zero-order valence-electron chi connectivity index (χ0n) is 23.8. The molecule has 0 aromatic heterocycles. The largest absolute Gasteiger partial charge is 0.768 e. The molecule has 2 atom stereocenters. The summed E-state index contributed by atoms with van der Waals surface area (Å²) < 4.78 is 53.3. The predicted octanol–water partition coefficient (Wildman–Crippen LogP) is 5.54. The first kappa shape index (κ1) is 33.4. The molecule has 2 unspecified atom stereocenters. The fourth-order valence-corrected chi connectivity index (χ4v) is 4.53. The molecule has 41 heavy (non-hydrogen) atoms. The van der Waals surface area contributed by atoms with Gasteiger partial charge in [0.15, 0.2) is 0 Å². The molecule has 218 valence electrons. The van der Waals surface area contributed by atoms with Crippen molar-refractivity contribution < 1.29 is 31.8 Å². The average molecular weight is 596 g/mol. The highest BCUT2D eigenvalue weighted by Crippen LogP contribution is 2.29. The Bertz CT molecular complexity index is 1490. The molecule has 0 saturated heterocycles. The van der Waals surface area contributed by atoms with E-state index in [0.717, 1.165) is 5.56 Å². The average Bonchev–Trinajstić information content (AvgIpc) is 2.97. The van der Waals surface area contributed by atoms with Crippen LogP contribution < -0.4 is 9.47 Å². The van der Waals surface area contributed by atoms with Gasteiger partial charge in [-0.15, -0.1) is 0 Å². The molecule has 4 aromatic rings. The van der Waals surface area contributed by atoms with E-state index in [2.05, 4.69) is 38.1 Å². The first-order valence-corrected chi connectivity index (χ1v) is 14.5. The van der Waals surface area contributed by atoms with Crippen LogP contribution in [-0.2, 0) is 22.2 Å². The summed E-state index contributed by atoms with van der Waals surface area (Å²) in [6, 6.07) is 26.7. The summed E-state index contributed by atoms with van der Waals surface area (Å²) in [4.78, 5) is 13.8. The summed E-state index contributed by atoms with van der Waals surface area (Å²) in [5.41, 5.74) is 4.69. The highest BCUT2D eigenvalue weighted by Gasteiger charge is 2.11. The maximum absolute atomic E-state index is 12.0. The van der Waals surface area contributed by atoms with E-state index in [1.807, 2.05) is 6.07 Å². The van der Waals surface area contributed by atoms with Crippen LogP contribution in [0.15, 0.2) is 101 Å². The number of nitrogens with zero attached hydrogens (tertiary/aromatic N) is 1. The molecule has 0 fully saturated rings. The van der Waals surface area contributed by atoms with Crippen molar-refractivity contribution in [1.29, 1.82) is 0 Å². The van der Waals surface area contributed by atoms with Crippen LogP contribution in [0.5, 0.6) is 11.5 Å². The summed E-state index contributed by atoms with van der Waals surface area (Å²) >= 11 is -4.57. The Morgan fingerprint density at radius 2 is 1.32 bits per heavy atom. The van der Waals surface area contributed by atoms with E-state index in [1.54, 1.807) is 56.6 Å². The Morgan fingerprint density at radius 1 is 0.707 bits per heavy atom. The van der Waals surface area contributed by atoms with Crippen LogP contribution in [0.1, 0.15) is 21.5 Å². The minimum Gasteiger partial charge on any atom is -0.768 e. The van der Waals surface area contributed by atoms with Crippen LogP contribution in [-0.4, -0.2) is 56.6 Å². The number of benzene rings is 4. The second kappa shape index (κ2) is 16.4. The molecule has 4 rings (SSSR count). The lowest BCUT2D eigenvalue weighted by atomic mass is 10.0. The highest BCUT2D eigenvalue weighted by atomic mass is 32.2. The van der Waals surface area contributed by atoms with E-state index < -0.39 is 22.2 Å². The number of aryl methyl sites for hydroxylation is 2. The Balaban J connectivity index is 0.000000255. The Morgan fingerprint density at radius 3 is 1.83 bits per heavy atom. The Labute approximate surface area is 246 Å². The van der Waals surface area contributed by atoms with Gasteiger partial charge in [0.05, 0.1) is 19.1 Å². The lowest BCUT2D eigenvalue weighted by Crippen LogP contribution is -2.21. The quantitative estimate of drug-likeness (QED) is 0.269. The molecule has 0 aliphatic heterocycles. The lowest BCUT2D eigenvalue weighted by molar-refractivity contribution is 0.0827. The van der Waals surface area contributed by atoms with E-state index in [-0.39, 0.29) is 21.4 Å². The van der Waals surface area contributed by atoms with E-state index in [4.69, 9.17) is 9.47 Å². The third-order valence-electron chi connectivity index (χ3n) is 5.60. The molecule has 0 saturated carbocycles. The van der Waals surface area contributed by atoms with E-state index in [1.165, 1.54) is 48.4 Å². The zero-order valence-corrected chi connectivity index (χ0v) is 25.4. The van der Waals surface area contributed by atoms with Crippen LogP contribution in [0, 0.1) is 13.8 Å². The minimum atomic E-state index is -2.40. The lowest BCUT2D eigenvalue weighted by Gasteiger charge is -2.14.